The van der Waals surface area contributed by atoms with E-state index in [1.807, 2.05) is 0 Å². The van der Waals surface area contributed by atoms with Crippen molar-refractivity contribution in [2.45, 2.75) is 19.3 Å². The van der Waals surface area contributed by atoms with E-state index in [9.17, 15) is 0 Å². The summed E-state index contributed by atoms with van der Waals surface area (Å²) in [5.74, 6) is 2.92. The number of hydrogen-bond acceptors (Lipinski definition) is 4. The van der Waals surface area contributed by atoms with Gasteiger partial charge in [0.1, 0.15) is 11.5 Å². The van der Waals surface area contributed by atoms with Crippen molar-refractivity contribution in [2.24, 2.45) is 11.8 Å². The minimum atomic E-state index is -0.0827. The number of rotatable bonds is 8. The van der Waals surface area contributed by atoms with Crippen LogP contribution in [0.5, 0.6) is 11.5 Å². The number of ether oxygens (including phenoxy) is 4. The van der Waals surface area contributed by atoms with Crippen LogP contribution in [0.2, 0.25) is 0 Å². The zero-order valence-corrected chi connectivity index (χ0v) is 16.1. The second-order valence-electron chi connectivity index (χ2n) is 8.10. The molecule has 2 heterocycles. The van der Waals surface area contributed by atoms with Gasteiger partial charge in [0, 0.05) is 17.3 Å². The molecular formula is C23H28O4. The summed E-state index contributed by atoms with van der Waals surface area (Å²) in [4.78, 5) is 0. The Hall–Kier alpha value is -2.04. The summed E-state index contributed by atoms with van der Waals surface area (Å²) in [5, 5.41) is 0. The lowest BCUT2D eigenvalue weighted by Crippen LogP contribution is -2.32. The van der Waals surface area contributed by atoms with Gasteiger partial charge in [0.05, 0.1) is 39.6 Å². The van der Waals surface area contributed by atoms with Crippen LogP contribution in [0, 0.1) is 11.8 Å². The Labute approximate surface area is 161 Å². The first-order valence-electron chi connectivity index (χ1n) is 9.73. The zero-order chi connectivity index (χ0) is 18.7. The summed E-state index contributed by atoms with van der Waals surface area (Å²) < 4.78 is 22.1. The van der Waals surface area contributed by atoms with Gasteiger partial charge >= 0.3 is 0 Å². The fourth-order valence-corrected chi connectivity index (χ4v) is 3.29. The van der Waals surface area contributed by atoms with Gasteiger partial charge in [-0.15, -0.1) is 0 Å². The Morgan fingerprint density at radius 3 is 1.37 bits per heavy atom. The molecule has 0 amide bonds. The lowest BCUT2D eigenvalue weighted by atomic mass is 9.78. The molecule has 0 spiro atoms. The Bertz CT molecular complexity index is 664. The van der Waals surface area contributed by atoms with Crippen molar-refractivity contribution in [2.75, 3.05) is 39.6 Å². The molecule has 4 heteroatoms. The van der Waals surface area contributed by atoms with E-state index in [1.54, 1.807) is 0 Å². The Kier molecular flexibility index (Phi) is 5.37. The van der Waals surface area contributed by atoms with Crippen LogP contribution in [0.4, 0.5) is 0 Å². The highest BCUT2D eigenvalue weighted by atomic mass is 16.5. The first-order valence-corrected chi connectivity index (χ1v) is 9.73. The van der Waals surface area contributed by atoms with Gasteiger partial charge in [-0.3, -0.25) is 0 Å². The highest BCUT2D eigenvalue weighted by Gasteiger charge is 2.24. The molecule has 2 aromatic carbocycles. The second-order valence-corrected chi connectivity index (χ2v) is 8.10. The molecule has 0 aliphatic carbocycles. The number of hydrogen-bond donors (Lipinski definition) is 0. The van der Waals surface area contributed by atoms with Crippen LogP contribution >= 0.6 is 0 Å². The molecule has 2 saturated heterocycles. The monoisotopic (exact) mass is 368 g/mol. The maximum Gasteiger partial charge on any atom is 0.119 e. The van der Waals surface area contributed by atoms with E-state index in [-0.39, 0.29) is 5.41 Å². The van der Waals surface area contributed by atoms with E-state index in [0.717, 1.165) is 51.1 Å². The van der Waals surface area contributed by atoms with Crippen molar-refractivity contribution in [1.82, 2.24) is 0 Å². The normalized spacial score (nSPS) is 17.9. The molecule has 2 aromatic rings. The fourth-order valence-electron chi connectivity index (χ4n) is 3.29. The number of benzene rings is 2. The van der Waals surface area contributed by atoms with Gasteiger partial charge in [-0.25, -0.2) is 0 Å². The molecule has 0 aromatic heterocycles. The van der Waals surface area contributed by atoms with Crippen molar-refractivity contribution in [3.8, 4) is 11.5 Å². The maximum atomic E-state index is 5.85. The molecule has 2 aliphatic rings. The quantitative estimate of drug-likeness (QED) is 0.704. The van der Waals surface area contributed by atoms with Crippen LogP contribution in [0.1, 0.15) is 25.0 Å². The second kappa shape index (κ2) is 7.91. The van der Waals surface area contributed by atoms with Gasteiger partial charge in [0.2, 0.25) is 0 Å². The third-order valence-corrected chi connectivity index (χ3v) is 5.54. The first kappa shape index (κ1) is 18.3. The molecule has 4 nitrogen and oxygen atoms in total. The summed E-state index contributed by atoms with van der Waals surface area (Å²) in [7, 11) is 0. The predicted molar refractivity (Wildman–Crippen MR) is 105 cm³/mol. The van der Waals surface area contributed by atoms with Crippen molar-refractivity contribution >= 4 is 0 Å². The lowest BCUT2D eigenvalue weighted by Gasteiger charge is -2.28. The summed E-state index contributed by atoms with van der Waals surface area (Å²) >= 11 is 0. The first-order chi connectivity index (χ1) is 13.1. The van der Waals surface area contributed by atoms with Gasteiger partial charge in [0.25, 0.3) is 0 Å². The topological polar surface area (TPSA) is 36.9 Å². The molecule has 2 fully saturated rings. The minimum absolute atomic E-state index is 0.0827. The van der Waals surface area contributed by atoms with Crippen LogP contribution in [0.25, 0.3) is 0 Å². The third kappa shape index (κ3) is 4.28. The lowest BCUT2D eigenvalue weighted by molar-refractivity contribution is -0.0509. The Morgan fingerprint density at radius 2 is 1.07 bits per heavy atom. The molecular weight excluding hydrogens is 340 g/mol. The zero-order valence-electron chi connectivity index (χ0n) is 16.1. The molecule has 0 saturated carbocycles. The largest absolute Gasteiger partial charge is 0.493 e. The average Bonchev–Trinajstić information content (AvgIpc) is 2.60. The molecule has 0 N–H and O–H groups in total. The van der Waals surface area contributed by atoms with Gasteiger partial charge in [-0.1, -0.05) is 38.1 Å². The molecule has 2 aliphatic heterocycles. The fraction of sp³-hybridized carbons (Fsp3) is 0.478. The molecule has 0 atom stereocenters. The maximum absolute atomic E-state index is 5.85. The highest BCUT2D eigenvalue weighted by Crippen LogP contribution is 2.33. The third-order valence-electron chi connectivity index (χ3n) is 5.54. The van der Waals surface area contributed by atoms with Crippen molar-refractivity contribution in [3.63, 3.8) is 0 Å². The smallest absolute Gasteiger partial charge is 0.119 e. The molecule has 4 rings (SSSR count). The molecule has 144 valence electrons. The summed E-state index contributed by atoms with van der Waals surface area (Å²) in [6.07, 6.45) is 0. The van der Waals surface area contributed by atoms with Gasteiger partial charge in [-0.05, 0) is 35.4 Å². The SMILES string of the molecule is CC(C)(c1ccc(OCC2COC2)cc1)c1ccc(OCC2COC2)cc1. The van der Waals surface area contributed by atoms with Crippen molar-refractivity contribution in [3.05, 3.63) is 59.7 Å². The van der Waals surface area contributed by atoms with E-state index in [1.165, 1.54) is 11.1 Å². The minimum Gasteiger partial charge on any atom is -0.493 e. The molecule has 0 bridgehead atoms. The summed E-state index contributed by atoms with van der Waals surface area (Å²) in [5.41, 5.74) is 2.45. The van der Waals surface area contributed by atoms with E-state index in [0.29, 0.717) is 11.8 Å². The van der Waals surface area contributed by atoms with Gasteiger partial charge < -0.3 is 18.9 Å². The predicted octanol–water partition coefficient (Wildman–Crippen LogP) is 4.06. The molecule has 0 unspecified atom stereocenters. The van der Waals surface area contributed by atoms with Crippen LogP contribution in [-0.2, 0) is 14.9 Å². The Morgan fingerprint density at radius 1 is 0.704 bits per heavy atom. The summed E-state index contributed by atoms with van der Waals surface area (Å²) in [6.45, 7) is 9.23. The van der Waals surface area contributed by atoms with Crippen LogP contribution < -0.4 is 9.47 Å². The standard InChI is InChI=1S/C23H28O4/c1-23(2,19-3-7-21(8-4-19)26-15-17-11-24-12-17)20-5-9-22(10-6-20)27-16-18-13-25-14-18/h3-10,17-18H,11-16H2,1-2H3. The van der Waals surface area contributed by atoms with E-state index < -0.39 is 0 Å². The molecule has 0 radical (unpaired) electrons. The van der Waals surface area contributed by atoms with Gasteiger partial charge in [0.15, 0.2) is 0 Å². The van der Waals surface area contributed by atoms with Crippen LogP contribution in [-0.4, -0.2) is 39.6 Å². The van der Waals surface area contributed by atoms with Gasteiger partial charge in [-0.2, -0.15) is 0 Å². The van der Waals surface area contributed by atoms with Crippen molar-refractivity contribution in [1.29, 1.82) is 0 Å². The van der Waals surface area contributed by atoms with Crippen molar-refractivity contribution < 1.29 is 18.9 Å². The van der Waals surface area contributed by atoms with E-state index in [2.05, 4.69) is 62.4 Å². The van der Waals surface area contributed by atoms with E-state index >= 15 is 0 Å². The summed E-state index contributed by atoms with van der Waals surface area (Å²) in [6, 6.07) is 16.9. The average molecular weight is 368 g/mol. The van der Waals surface area contributed by atoms with Crippen LogP contribution in [0.3, 0.4) is 0 Å². The van der Waals surface area contributed by atoms with E-state index in [4.69, 9.17) is 18.9 Å². The molecule has 27 heavy (non-hydrogen) atoms. The Balaban J connectivity index is 1.37. The highest BCUT2D eigenvalue weighted by molar-refractivity contribution is 5.41. The van der Waals surface area contributed by atoms with Crippen LogP contribution in [0.15, 0.2) is 48.5 Å².